The molecule has 1 unspecified atom stereocenters. The Balaban J connectivity index is 0.000000251. The fourth-order valence-electron chi connectivity index (χ4n) is 4.81. The second-order valence-corrected chi connectivity index (χ2v) is 11.2. The molecular weight excluding hydrogens is 520 g/mol. The Kier molecular flexibility index (Phi) is 9.44. The average molecular weight is 561 g/mol. The van der Waals surface area contributed by atoms with Gasteiger partial charge in [0.2, 0.25) is 0 Å². The molecule has 2 aliphatic rings. The van der Waals surface area contributed by atoms with Crippen LogP contribution in [0.1, 0.15) is 60.5 Å². The Morgan fingerprint density at radius 2 is 1.90 bits per heavy atom. The molecule has 10 nitrogen and oxygen atoms in total. The third-order valence-electron chi connectivity index (χ3n) is 6.85. The molecule has 218 valence electrons. The molecule has 3 aromatic rings. The number of amides is 2. The molecule has 1 aromatic carbocycles. The number of pyridine rings is 1. The Morgan fingerprint density at radius 1 is 1.15 bits per heavy atom. The van der Waals surface area contributed by atoms with Gasteiger partial charge in [0.1, 0.15) is 5.60 Å². The summed E-state index contributed by atoms with van der Waals surface area (Å²) in [4.78, 5) is 34.2. The maximum Gasteiger partial charge on any atom is 0.410 e. The number of nitrogens with zero attached hydrogens (tertiary/aromatic N) is 4. The Bertz CT molecular complexity index is 1400. The van der Waals surface area contributed by atoms with Gasteiger partial charge in [0.15, 0.2) is 0 Å². The van der Waals surface area contributed by atoms with E-state index in [-0.39, 0.29) is 11.7 Å². The van der Waals surface area contributed by atoms with Gasteiger partial charge in [0, 0.05) is 45.8 Å². The number of rotatable bonds is 3. The van der Waals surface area contributed by atoms with Crippen LogP contribution in [0.4, 0.5) is 9.59 Å². The van der Waals surface area contributed by atoms with Crippen molar-refractivity contribution in [3.63, 3.8) is 0 Å². The maximum absolute atomic E-state index is 12.2. The van der Waals surface area contributed by atoms with Crippen LogP contribution in [0.5, 0.6) is 0 Å². The van der Waals surface area contributed by atoms with Crippen molar-refractivity contribution < 1.29 is 19.1 Å². The van der Waals surface area contributed by atoms with E-state index in [2.05, 4.69) is 57.9 Å². The van der Waals surface area contributed by atoms with E-state index in [0.717, 1.165) is 66.3 Å². The molecule has 5 rings (SSSR count). The number of benzene rings is 1. The first-order chi connectivity index (χ1) is 19.6. The molecule has 10 heteroatoms. The fourth-order valence-corrected chi connectivity index (χ4v) is 4.81. The van der Waals surface area contributed by atoms with Gasteiger partial charge in [-0.2, -0.15) is 0 Å². The predicted octanol–water partition coefficient (Wildman–Crippen LogP) is 4.49. The quantitative estimate of drug-likeness (QED) is 0.486. The van der Waals surface area contributed by atoms with Gasteiger partial charge >= 0.3 is 12.2 Å². The van der Waals surface area contributed by atoms with Crippen molar-refractivity contribution in [1.29, 1.82) is 0 Å². The molecule has 2 amide bonds. The molecule has 0 spiro atoms. The van der Waals surface area contributed by atoms with Crippen LogP contribution in [-0.2, 0) is 22.9 Å². The van der Waals surface area contributed by atoms with Gasteiger partial charge in [0.25, 0.3) is 0 Å². The number of aromatic nitrogens is 3. The first-order valence-electron chi connectivity index (χ1n) is 13.8. The molecule has 1 fully saturated rings. The normalized spacial score (nSPS) is 15.2. The van der Waals surface area contributed by atoms with Crippen LogP contribution < -0.4 is 10.6 Å². The zero-order valence-corrected chi connectivity index (χ0v) is 24.7. The number of alkyl carbamates (subject to hydrolysis) is 1. The Labute approximate surface area is 241 Å². The monoisotopic (exact) mass is 560 g/mol. The summed E-state index contributed by atoms with van der Waals surface area (Å²) < 4.78 is 12.0. The van der Waals surface area contributed by atoms with Crippen molar-refractivity contribution in [1.82, 2.24) is 30.1 Å². The van der Waals surface area contributed by atoms with Crippen molar-refractivity contribution in [2.75, 3.05) is 33.3 Å². The lowest BCUT2D eigenvalue weighted by Gasteiger charge is -2.30. The highest BCUT2D eigenvalue weighted by Gasteiger charge is 2.28. The van der Waals surface area contributed by atoms with Crippen LogP contribution in [0.3, 0.4) is 0 Å². The molecule has 0 radical (unpaired) electrons. The molecule has 1 atom stereocenters. The molecule has 1 aliphatic carbocycles. The number of aryl methyl sites for hydroxylation is 2. The van der Waals surface area contributed by atoms with Crippen molar-refractivity contribution >= 4 is 23.8 Å². The standard InChI is InChI=1S/C22H22N4O2.C9H18N2O2/c1-14-6-7-15-11-19-16(5-4-8-24-19)10-18(17(15)9-14)21(25-22(27)28-3)20-12-23-13-26(20)2;1-9(2,3)13-8(12)11-6-4-10-5-7-11/h4-10,12-13,21H,11H2,1-3H3,(H,25,27);10H,4-7H2,1-3H3. The number of hydrogen-bond acceptors (Lipinski definition) is 7. The molecule has 0 saturated carbocycles. The third kappa shape index (κ3) is 7.73. The van der Waals surface area contributed by atoms with Gasteiger partial charge in [-0.15, -0.1) is 0 Å². The lowest BCUT2D eigenvalue weighted by molar-refractivity contribution is 0.0229. The number of carbonyl (C=O) groups is 2. The number of nitrogens with one attached hydrogen (secondary N) is 2. The van der Waals surface area contributed by atoms with E-state index < -0.39 is 12.1 Å². The Hall–Kier alpha value is -4.18. The first kappa shape index (κ1) is 29.8. The largest absolute Gasteiger partial charge is 0.453 e. The van der Waals surface area contributed by atoms with E-state index in [9.17, 15) is 9.59 Å². The summed E-state index contributed by atoms with van der Waals surface area (Å²) in [7, 11) is 3.28. The molecule has 1 aliphatic heterocycles. The first-order valence-corrected chi connectivity index (χ1v) is 13.8. The van der Waals surface area contributed by atoms with Crippen LogP contribution in [0, 0.1) is 6.92 Å². The van der Waals surface area contributed by atoms with Crippen LogP contribution in [0.15, 0.2) is 49.1 Å². The molecule has 3 heterocycles. The van der Waals surface area contributed by atoms with Gasteiger partial charge < -0.3 is 29.6 Å². The smallest absolute Gasteiger partial charge is 0.410 e. The molecular formula is C31H40N6O4. The summed E-state index contributed by atoms with van der Waals surface area (Å²) >= 11 is 0. The van der Waals surface area contributed by atoms with Crippen LogP contribution >= 0.6 is 0 Å². The van der Waals surface area contributed by atoms with E-state index in [1.807, 2.05) is 44.6 Å². The van der Waals surface area contributed by atoms with Gasteiger partial charge in [-0.1, -0.05) is 29.8 Å². The van der Waals surface area contributed by atoms with Gasteiger partial charge in [-0.3, -0.25) is 4.98 Å². The van der Waals surface area contributed by atoms with Crippen LogP contribution in [-0.4, -0.2) is 70.5 Å². The third-order valence-corrected chi connectivity index (χ3v) is 6.85. The molecule has 41 heavy (non-hydrogen) atoms. The predicted molar refractivity (Wildman–Crippen MR) is 158 cm³/mol. The average Bonchev–Trinajstić information content (AvgIpc) is 3.30. The van der Waals surface area contributed by atoms with Crippen LogP contribution in [0.25, 0.3) is 11.6 Å². The van der Waals surface area contributed by atoms with Crippen molar-refractivity contribution in [3.05, 3.63) is 82.7 Å². The molecule has 1 saturated heterocycles. The number of carbonyl (C=O) groups excluding carboxylic acids is 2. The van der Waals surface area contributed by atoms with Crippen molar-refractivity contribution in [3.8, 4) is 0 Å². The number of ether oxygens (including phenoxy) is 2. The topological polar surface area (TPSA) is 111 Å². The summed E-state index contributed by atoms with van der Waals surface area (Å²) in [5, 5.41) is 6.17. The SMILES string of the molecule is CC(C)(C)OC(=O)N1CCNCC1.COC(=O)NC(C1=Cc2cccnc2Cc2ccc(C)cc21)c1cncn1C. The van der Waals surface area contributed by atoms with Gasteiger partial charge in [-0.25, -0.2) is 14.6 Å². The number of piperazine rings is 1. The van der Waals surface area contributed by atoms with E-state index in [1.165, 1.54) is 12.7 Å². The minimum absolute atomic E-state index is 0.200. The lowest BCUT2D eigenvalue weighted by Crippen LogP contribution is -2.48. The van der Waals surface area contributed by atoms with Crippen molar-refractivity contribution in [2.45, 2.75) is 45.8 Å². The minimum atomic E-state index is -0.489. The summed E-state index contributed by atoms with van der Waals surface area (Å²) in [5.41, 5.74) is 6.96. The summed E-state index contributed by atoms with van der Waals surface area (Å²) in [6.45, 7) is 10.9. The fraction of sp³-hybridized carbons (Fsp3) is 0.419. The number of fused-ring (bicyclic) bond motifs is 2. The number of hydrogen-bond donors (Lipinski definition) is 2. The Morgan fingerprint density at radius 3 is 2.56 bits per heavy atom. The lowest BCUT2D eigenvalue weighted by atomic mass is 9.91. The summed E-state index contributed by atoms with van der Waals surface area (Å²) in [6.07, 6.45) is 7.48. The highest BCUT2D eigenvalue weighted by Crippen LogP contribution is 2.37. The molecule has 2 N–H and O–H groups in total. The van der Waals surface area contributed by atoms with E-state index >= 15 is 0 Å². The van der Waals surface area contributed by atoms with Crippen LogP contribution in [0.2, 0.25) is 0 Å². The summed E-state index contributed by atoms with van der Waals surface area (Å²) in [5.74, 6) is 0. The molecule has 0 bridgehead atoms. The zero-order chi connectivity index (χ0) is 29.6. The molecule has 2 aromatic heterocycles. The van der Waals surface area contributed by atoms with Gasteiger partial charge in [0.05, 0.1) is 37.1 Å². The second-order valence-electron chi connectivity index (χ2n) is 11.2. The van der Waals surface area contributed by atoms with E-state index in [4.69, 9.17) is 9.47 Å². The summed E-state index contributed by atoms with van der Waals surface area (Å²) in [6, 6.07) is 9.99. The maximum atomic E-state index is 12.2. The van der Waals surface area contributed by atoms with Crippen molar-refractivity contribution in [2.24, 2.45) is 7.05 Å². The van der Waals surface area contributed by atoms with Gasteiger partial charge in [-0.05, 0) is 62.1 Å². The number of imidazole rings is 1. The second kappa shape index (κ2) is 13.0. The van der Waals surface area contributed by atoms with E-state index in [1.54, 1.807) is 17.4 Å². The minimum Gasteiger partial charge on any atom is -0.453 e. The number of methoxy groups -OCH3 is 1. The van der Waals surface area contributed by atoms with E-state index in [0.29, 0.717) is 0 Å². The highest BCUT2D eigenvalue weighted by molar-refractivity contribution is 5.90. The highest BCUT2D eigenvalue weighted by atomic mass is 16.6. The zero-order valence-electron chi connectivity index (χ0n) is 24.7.